The minimum Gasteiger partial charge on any atom is -0.312 e. The number of sulfonamides is 1. The fraction of sp³-hybridized carbons (Fsp3) is 0.562. The van der Waals surface area contributed by atoms with Gasteiger partial charge in [-0.3, -0.25) is 4.79 Å². The molecule has 0 bridgehead atoms. The Kier molecular flexibility index (Phi) is 3.27. The molecule has 0 aromatic heterocycles. The van der Waals surface area contributed by atoms with Gasteiger partial charge in [0.15, 0.2) is 0 Å². The molecule has 1 saturated carbocycles. The summed E-state index contributed by atoms with van der Waals surface area (Å²) in [4.78, 5) is 14.6. The van der Waals surface area contributed by atoms with E-state index in [2.05, 4.69) is 6.07 Å². The molecule has 0 unspecified atom stereocenters. The van der Waals surface area contributed by atoms with Gasteiger partial charge in [0.2, 0.25) is 15.9 Å². The van der Waals surface area contributed by atoms with Gasteiger partial charge in [0, 0.05) is 25.3 Å². The third-order valence-corrected chi connectivity index (χ3v) is 7.21. The molecule has 0 spiro atoms. The maximum absolute atomic E-state index is 12.7. The maximum atomic E-state index is 12.7. The highest BCUT2D eigenvalue weighted by molar-refractivity contribution is 7.90. The van der Waals surface area contributed by atoms with Crippen molar-refractivity contribution < 1.29 is 13.2 Å². The van der Waals surface area contributed by atoms with E-state index in [-0.39, 0.29) is 17.1 Å². The van der Waals surface area contributed by atoms with Gasteiger partial charge in [0.05, 0.1) is 11.2 Å². The van der Waals surface area contributed by atoms with Crippen LogP contribution in [0.3, 0.4) is 0 Å². The SMILES string of the molecule is O=C(C1CN(S(=O)(=O)C2CC2)C1)N1CCCc2ccccc21. The maximum Gasteiger partial charge on any atom is 0.232 e. The van der Waals surface area contributed by atoms with Gasteiger partial charge in [-0.1, -0.05) is 18.2 Å². The average molecular weight is 320 g/mol. The Balaban J connectivity index is 1.46. The highest BCUT2D eigenvalue weighted by atomic mass is 32.2. The molecule has 5 nitrogen and oxygen atoms in total. The third kappa shape index (κ3) is 2.25. The minimum atomic E-state index is -3.12. The summed E-state index contributed by atoms with van der Waals surface area (Å²) >= 11 is 0. The Labute approximate surface area is 131 Å². The summed E-state index contributed by atoms with van der Waals surface area (Å²) in [7, 11) is -3.12. The fourth-order valence-corrected chi connectivity index (χ4v) is 5.29. The molecule has 2 aliphatic heterocycles. The van der Waals surface area contributed by atoms with Crippen molar-refractivity contribution in [2.24, 2.45) is 5.92 Å². The Morgan fingerprint density at radius 2 is 1.86 bits per heavy atom. The topological polar surface area (TPSA) is 57.7 Å². The van der Waals surface area contributed by atoms with E-state index >= 15 is 0 Å². The lowest BCUT2D eigenvalue weighted by molar-refractivity contribution is -0.125. The van der Waals surface area contributed by atoms with Crippen LogP contribution in [-0.2, 0) is 21.2 Å². The van der Waals surface area contributed by atoms with E-state index in [4.69, 9.17) is 0 Å². The molecule has 0 atom stereocenters. The lowest BCUT2D eigenvalue weighted by Crippen LogP contribution is -2.57. The summed E-state index contributed by atoms with van der Waals surface area (Å²) in [5, 5.41) is -0.181. The zero-order chi connectivity index (χ0) is 15.3. The average Bonchev–Trinajstić information content (AvgIpc) is 3.29. The smallest absolute Gasteiger partial charge is 0.232 e. The molecule has 1 aliphatic carbocycles. The predicted molar refractivity (Wildman–Crippen MR) is 84.1 cm³/mol. The van der Waals surface area contributed by atoms with Crippen molar-refractivity contribution in [2.45, 2.75) is 30.9 Å². The molecule has 22 heavy (non-hydrogen) atoms. The Hall–Kier alpha value is -1.40. The summed E-state index contributed by atoms with van der Waals surface area (Å²) in [5.74, 6) is -0.103. The highest BCUT2D eigenvalue weighted by Gasteiger charge is 2.47. The van der Waals surface area contributed by atoms with Crippen LogP contribution in [0, 0.1) is 5.92 Å². The first-order chi connectivity index (χ1) is 10.6. The molecular formula is C16H20N2O3S. The first-order valence-corrected chi connectivity index (χ1v) is 9.46. The van der Waals surface area contributed by atoms with Crippen LogP contribution in [0.4, 0.5) is 5.69 Å². The van der Waals surface area contributed by atoms with E-state index in [1.54, 1.807) is 0 Å². The van der Waals surface area contributed by atoms with E-state index in [0.29, 0.717) is 13.1 Å². The van der Waals surface area contributed by atoms with Crippen LogP contribution in [0.25, 0.3) is 0 Å². The van der Waals surface area contributed by atoms with E-state index < -0.39 is 10.0 Å². The van der Waals surface area contributed by atoms with Gasteiger partial charge in [-0.15, -0.1) is 0 Å². The van der Waals surface area contributed by atoms with Gasteiger partial charge in [-0.05, 0) is 37.3 Å². The van der Waals surface area contributed by atoms with Crippen molar-refractivity contribution in [3.05, 3.63) is 29.8 Å². The molecule has 3 aliphatic rings. The van der Waals surface area contributed by atoms with Crippen LogP contribution >= 0.6 is 0 Å². The number of carbonyl (C=O) groups is 1. The first kappa shape index (κ1) is 14.2. The number of aryl methyl sites for hydroxylation is 1. The standard InChI is InChI=1S/C16H20N2O3S/c19-16(13-10-17(11-13)22(20,21)14-7-8-14)18-9-3-5-12-4-1-2-6-15(12)18/h1-2,4,6,13-14H,3,5,7-11H2. The van der Waals surface area contributed by atoms with Gasteiger partial charge in [-0.25, -0.2) is 8.42 Å². The lowest BCUT2D eigenvalue weighted by Gasteiger charge is -2.41. The van der Waals surface area contributed by atoms with Crippen LogP contribution in [-0.4, -0.2) is 43.5 Å². The van der Waals surface area contributed by atoms with Crippen LogP contribution in [0.1, 0.15) is 24.8 Å². The van der Waals surface area contributed by atoms with Crippen LogP contribution in [0.5, 0.6) is 0 Å². The van der Waals surface area contributed by atoms with E-state index in [1.165, 1.54) is 9.87 Å². The zero-order valence-corrected chi connectivity index (χ0v) is 13.3. The van der Waals surface area contributed by atoms with E-state index in [9.17, 15) is 13.2 Å². The number of anilines is 1. The number of para-hydroxylation sites is 1. The first-order valence-electron chi connectivity index (χ1n) is 7.95. The largest absolute Gasteiger partial charge is 0.312 e. The van der Waals surface area contributed by atoms with Gasteiger partial charge in [0.25, 0.3) is 0 Å². The second kappa shape index (κ2) is 5.06. The van der Waals surface area contributed by atoms with Gasteiger partial charge >= 0.3 is 0 Å². The second-order valence-electron chi connectivity index (χ2n) is 6.48. The van der Waals surface area contributed by atoms with Crippen molar-refractivity contribution >= 4 is 21.6 Å². The fourth-order valence-electron chi connectivity index (χ4n) is 3.36. The molecule has 4 rings (SSSR count). The summed E-state index contributed by atoms with van der Waals surface area (Å²) < 4.78 is 25.7. The Morgan fingerprint density at radius 3 is 2.59 bits per heavy atom. The van der Waals surface area contributed by atoms with Crippen LogP contribution in [0.2, 0.25) is 0 Å². The lowest BCUT2D eigenvalue weighted by atomic mass is 9.97. The summed E-state index contributed by atoms with van der Waals surface area (Å²) in [6.45, 7) is 1.45. The van der Waals surface area contributed by atoms with E-state index in [1.807, 2.05) is 23.1 Å². The van der Waals surface area contributed by atoms with Gasteiger partial charge in [0.1, 0.15) is 0 Å². The molecule has 0 N–H and O–H groups in total. The van der Waals surface area contributed by atoms with Gasteiger partial charge < -0.3 is 4.90 Å². The molecule has 6 heteroatoms. The number of amides is 1. The number of hydrogen-bond donors (Lipinski definition) is 0. The van der Waals surface area contributed by atoms with E-state index in [0.717, 1.165) is 37.9 Å². The number of carbonyl (C=O) groups excluding carboxylic acids is 1. The summed E-state index contributed by atoms with van der Waals surface area (Å²) in [6.07, 6.45) is 3.53. The molecule has 0 radical (unpaired) electrons. The molecule has 1 saturated heterocycles. The van der Waals surface area contributed by atoms with Crippen molar-refractivity contribution in [2.75, 3.05) is 24.5 Å². The van der Waals surface area contributed by atoms with Crippen molar-refractivity contribution in [3.63, 3.8) is 0 Å². The van der Waals surface area contributed by atoms with Crippen molar-refractivity contribution in [3.8, 4) is 0 Å². The molecule has 118 valence electrons. The van der Waals surface area contributed by atoms with Gasteiger partial charge in [-0.2, -0.15) is 4.31 Å². The zero-order valence-electron chi connectivity index (χ0n) is 12.4. The molecule has 2 heterocycles. The number of fused-ring (bicyclic) bond motifs is 1. The molecule has 2 fully saturated rings. The monoisotopic (exact) mass is 320 g/mol. The highest BCUT2D eigenvalue weighted by Crippen LogP contribution is 2.36. The quantitative estimate of drug-likeness (QED) is 0.846. The predicted octanol–water partition coefficient (Wildman–Crippen LogP) is 1.39. The second-order valence-corrected chi connectivity index (χ2v) is 8.69. The van der Waals surface area contributed by atoms with Crippen LogP contribution in [0.15, 0.2) is 24.3 Å². The number of hydrogen-bond acceptors (Lipinski definition) is 3. The molecule has 1 aromatic rings. The van der Waals surface area contributed by atoms with Crippen LogP contribution < -0.4 is 4.90 Å². The summed E-state index contributed by atoms with van der Waals surface area (Å²) in [6, 6.07) is 8.01. The van der Waals surface area contributed by atoms with Crippen molar-refractivity contribution in [1.29, 1.82) is 0 Å². The number of nitrogens with zero attached hydrogens (tertiary/aromatic N) is 2. The number of benzene rings is 1. The Morgan fingerprint density at radius 1 is 1.14 bits per heavy atom. The summed E-state index contributed by atoms with van der Waals surface area (Å²) in [5.41, 5.74) is 2.21. The third-order valence-electron chi connectivity index (χ3n) is 4.88. The Bertz CT molecular complexity index is 706. The molecule has 1 aromatic carbocycles. The molecular weight excluding hydrogens is 300 g/mol. The van der Waals surface area contributed by atoms with Crippen molar-refractivity contribution in [1.82, 2.24) is 4.31 Å². The normalized spacial score (nSPS) is 23.0. The number of rotatable bonds is 3. The molecule has 1 amide bonds. The minimum absolute atomic E-state index is 0.0781.